The van der Waals surface area contributed by atoms with Gasteiger partial charge in [0.2, 0.25) is 5.91 Å². The molecule has 1 N–H and O–H groups in total. The van der Waals surface area contributed by atoms with Gasteiger partial charge in [-0.15, -0.1) is 0 Å². The standard InChI is InChI=1S/C13H25NO3/c1-6-17-13(16)11(5)14-12(15)8-10(4)7-9(2)3/h9-11H,6-8H2,1-5H3,(H,14,15)/t10-,11-/m0/s1. The minimum Gasteiger partial charge on any atom is -0.464 e. The molecular weight excluding hydrogens is 218 g/mol. The number of ether oxygens (including phenoxy) is 1. The molecule has 4 heteroatoms. The van der Waals surface area contributed by atoms with Crippen LogP contribution in [0.1, 0.15) is 47.5 Å². The first-order valence-electron chi connectivity index (χ1n) is 6.32. The van der Waals surface area contributed by atoms with Crippen molar-refractivity contribution in [3.05, 3.63) is 0 Å². The first kappa shape index (κ1) is 15.9. The molecule has 0 radical (unpaired) electrons. The van der Waals surface area contributed by atoms with Crippen LogP contribution in [0.5, 0.6) is 0 Å². The van der Waals surface area contributed by atoms with E-state index in [0.717, 1.165) is 6.42 Å². The molecule has 0 unspecified atom stereocenters. The molecule has 0 aliphatic rings. The van der Waals surface area contributed by atoms with Crippen LogP contribution < -0.4 is 5.32 Å². The maximum atomic E-state index is 11.6. The third kappa shape index (κ3) is 7.77. The van der Waals surface area contributed by atoms with Crippen molar-refractivity contribution in [3.63, 3.8) is 0 Å². The summed E-state index contributed by atoms with van der Waals surface area (Å²) >= 11 is 0. The van der Waals surface area contributed by atoms with Crippen LogP contribution in [0.25, 0.3) is 0 Å². The van der Waals surface area contributed by atoms with Crippen LogP contribution in [0.15, 0.2) is 0 Å². The van der Waals surface area contributed by atoms with E-state index in [9.17, 15) is 9.59 Å². The van der Waals surface area contributed by atoms with E-state index < -0.39 is 6.04 Å². The molecule has 0 heterocycles. The van der Waals surface area contributed by atoms with Crippen molar-refractivity contribution in [1.82, 2.24) is 5.32 Å². The SMILES string of the molecule is CCOC(=O)[C@H](C)NC(=O)C[C@@H](C)CC(C)C. The number of rotatable bonds is 7. The van der Waals surface area contributed by atoms with Crippen molar-refractivity contribution in [2.75, 3.05) is 6.61 Å². The Morgan fingerprint density at radius 2 is 1.76 bits per heavy atom. The lowest BCUT2D eigenvalue weighted by molar-refractivity contribution is -0.147. The normalized spacial score (nSPS) is 14.2. The second-order valence-corrected chi connectivity index (χ2v) is 4.98. The maximum absolute atomic E-state index is 11.6. The first-order chi connectivity index (χ1) is 7.86. The van der Waals surface area contributed by atoms with E-state index >= 15 is 0 Å². The van der Waals surface area contributed by atoms with Gasteiger partial charge in [-0.3, -0.25) is 4.79 Å². The third-order valence-corrected chi connectivity index (χ3v) is 2.43. The summed E-state index contributed by atoms with van der Waals surface area (Å²) in [4.78, 5) is 22.9. The van der Waals surface area contributed by atoms with Crippen LogP contribution >= 0.6 is 0 Å². The molecule has 0 rings (SSSR count). The van der Waals surface area contributed by atoms with Crippen molar-refractivity contribution >= 4 is 11.9 Å². The molecule has 0 saturated carbocycles. The Morgan fingerprint density at radius 3 is 2.24 bits per heavy atom. The average molecular weight is 243 g/mol. The van der Waals surface area contributed by atoms with Crippen LogP contribution in [0.2, 0.25) is 0 Å². The van der Waals surface area contributed by atoms with E-state index in [2.05, 4.69) is 26.1 Å². The Bertz CT molecular complexity index is 251. The van der Waals surface area contributed by atoms with Crippen molar-refractivity contribution < 1.29 is 14.3 Å². The largest absolute Gasteiger partial charge is 0.464 e. The number of carbonyl (C=O) groups is 2. The fraction of sp³-hybridized carbons (Fsp3) is 0.846. The van der Waals surface area contributed by atoms with Gasteiger partial charge in [-0.05, 0) is 32.1 Å². The van der Waals surface area contributed by atoms with Gasteiger partial charge in [0.1, 0.15) is 6.04 Å². The van der Waals surface area contributed by atoms with Crippen LogP contribution in [-0.4, -0.2) is 24.5 Å². The van der Waals surface area contributed by atoms with Gasteiger partial charge in [0.15, 0.2) is 0 Å². The highest BCUT2D eigenvalue weighted by Gasteiger charge is 2.18. The summed E-state index contributed by atoms with van der Waals surface area (Å²) in [5.41, 5.74) is 0. The van der Waals surface area contributed by atoms with Crippen LogP contribution in [-0.2, 0) is 14.3 Å². The molecule has 0 aromatic rings. The highest BCUT2D eigenvalue weighted by atomic mass is 16.5. The average Bonchev–Trinajstić information content (AvgIpc) is 2.15. The molecule has 100 valence electrons. The number of hydrogen-bond donors (Lipinski definition) is 1. The molecule has 0 bridgehead atoms. The maximum Gasteiger partial charge on any atom is 0.328 e. The van der Waals surface area contributed by atoms with Crippen molar-refractivity contribution in [3.8, 4) is 0 Å². The summed E-state index contributed by atoms with van der Waals surface area (Å²) in [5, 5.41) is 2.66. The summed E-state index contributed by atoms with van der Waals surface area (Å²) in [5.74, 6) is 0.459. The predicted molar refractivity (Wildman–Crippen MR) is 67.5 cm³/mol. The Labute approximate surface area is 104 Å². The second kappa shape index (κ2) is 8.09. The monoisotopic (exact) mass is 243 g/mol. The zero-order valence-electron chi connectivity index (χ0n) is 11.6. The first-order valence-corrected chi connectivity index (χ1v) is 6.32. The molecule has 2 atom stereocenters. The van der Waals surface area contributed by atoms with Gasteiger partial charge in [-0.25, -0.2) is 4.79 Å². The molecule has 0 spiro atoms. The van der Waals surface area contributed by atoms with Gasteiger partial charge in [0, 0.05) is 6.42 Å². The number of nitrogens with one attached hydrogen (secondary N) is 1. The Balaban J connectivity index is 3.96. The summed E-state index contributed by atoms with van der Waals surface area (Å²) in [6.07, 6.45) is 1.48. The van der Waals surface area contributed by atoms with Crippen LogP contribution in [0, 0.1) is 11.8 Å². The number of esters is 1. The highest BCUT2D eigenvalue weighted by molar-refractivity contribution is 5.84. The van der Waals surface area contributed by atoms with Gasteiger partial charge in [-0.2, -0.15) is 0 Å². The molecule has 0 aliphatic carbocycles. The van der Waals surface area contributed by atoms with E-state index in [1.165, 1.54) is 0 Å². The molecule has 0 saturated heterocycles. The van der Waals surface area contributed by atoms with Gasteiger partial charge in [-0.1, -0.05) is 20.8 Å². The van der Waals surface area contributed by atoms with E-state index in [0.29, 0.717) is 24.9 Å². The topological polar surface area (TPSA) is 55.4 Å². The summed E-state index contributed by atoms with van der Waals surface area (Å²) in [7, 11) is 0. The minimum atomic E-state index is -0.561. The summed E-state index contributed by atoms with van der Waals surface area (Å²) in [6, 6.07) is -0.561. The molecule has 4 nitrogen and oxygen atoms in total. The Morgan fingerprint density at radius 1 is 1.18 bits per heavy atom. The Kier molecular flexibility index (Phi) is 7.59. The zero-order valence-corrected chi connectivity index (χ0v) is 11.6. The highest BCUT2D eigenvalue weighted by Crippen LogP contribution is 2.14. The Hall–Kier alpha value is -1.06. The number of hydrogen-bond acceptors (Lipinski definition) is 3. The van der Waals surface area contributed by atoms with E-state index in [1.807, 2.05) is 0 Å². The molecule has 0 aromatic carbocycles. The van der Waals surface area contributed by atoms with Gasteiger partial charge < -0.3 is 10.1 Å². The molecule has 1 amide bonds. The molecule has 0 fully saturated rings. The molecule has 0 aromatic heterocycles. The number of amides is 1. The van der Waals surface area contributed by atoms with Crippen molar-refractivity contribution in [2.24, 2.45) is 11.8 Å². The number of carbonyl (C=O) groups excluding carboxylic acids is 2. The fourth-order valence-electron chi connectivity index (χ4n) is 1.83. The van der Waals surface area contributed by atoms with Crippen LogP contribution in [0.3, 0.4) is 0 Å². The molecule has 17 heavy (non-hydrogen) atoms. The summed E-state index contributed by atoms with van der Waals surface area (Å²) < 4.78 is 4.82. The fourth-order valence-corrected chi connectivity index (χ4v) is 1.83. The van der Waals surface area contributed by atoms with Gasteiger partial charge >= 0.3 is 5.97 Å². The quantitative estimate of drug-likeness (QED) is 0.697. The van der Waals surface area contributed by atoms with Crippen LogP contribution in [0.4, 0.5) is 0 Å². The van der Waals surface area contributed by atoms with Crippen molar-refractivity contribution in [1.29, 1.82) is 0 Å². The lowest BCUT2D eigenvalue weighted by Crippen LogP contribution is -2.40. The van der Waals surface area contributed by atoms with E-state index in [4.69, 9.17) is 4.74 Å². The van der Waals surface area contributed by atoms with E-state index in [-0.39, 0.29) is 11.9 Å². The zero-order chi connectivity index (χ0) is 13.4. The lowest BCUT2D eigenvalue weighted by atomic mass is 9.96. The predicted octanol–water partition coefficient (Wildman–Crippen LogP) is 2.13. The lowest BCUT2D eigenvalue weighted by Gasteiger charge is -2.16. The molecule has 0 aliphatic heterocycles. The smallest absolute Gasteiger partial charge is 0.328 e. The second-order valence-electron chi connectivity index (χ2n) is 4.98. The third-order valence-electron chi connectivity index (χ3n) is 2.43. The van der Waals surface area contributed by atoms with Gasteiger partial charge in [0.05, 0.1) is 6.61 Å². The summed E-state index contributed by atoms with van der Waals surface area (Å²) in [6.45, 7) is 10.0. The van der Waals surface area contributed by atoms with E-state index in [1.54, 1.807) is 13.8 Å². The molecular formula is C13H25NO3. The minimum absolute atomic E-state index is 0.0845. The van der Waals surface area contributed by atoms with Gasteiger partial charge in [0.25, 0.3) is 0 Å². The van der Waals surface area contributed by atoms with Crippen molar-refractivity contribution in [2.45, 2.75) is 53.5 Å².